The smallest absolute Gasteiger partial charge is 0.160 e. The van der Waals surface area contributed by atoms with Crippen LogP contribution in [0, 0.1) is 0 Å². The Kier molecular flexibility index (Phi) is 10.3. The van der Waals surface area contributed by atoms with Crippen LogP contribution in [0.5, 0.6) is 0 Å². The van der Waals surface area contributed by atoms with Crippen molar-refractivity contribution >= 4 is 10.8 Å². The lowest BCUT2D eigenvalue weighted by molar-refractivity contribution is 1.18. The van der Waals surface area contributed by atoms with E-state index >= 15 is 0 Å². The maximum absolute atomic E-state index is 5.34. The first-order valence-electron chi connectivity index (χ1n) is 21.8. The third-order valence-electron chi connectivity index (χ3n) is 12.1. The predicted octanol–water partition coefficient (Wildman–Crippen LogP) is 16.6. The second-order valence-corrected chi connectivity index (χ2v) is 16.0. The minimum absolute atomic E-state index is 0.692. The Morgan fingerprint density at radius 3 is 1.25 bits per heavy atom. The van der Waals surface area contributed by atoms with Crippen molar-refractivity contribution in [2.45, 2.75) is 0 Å². The zero-order valence-corrected chi connectivity index (χ0v) is 35.1. The van der Waals surface area contributed by atoms with Crippen LogP contribution in [0.2, 0.25) is 0 Å². The van der Waals surface area contributed by atoms with E-state index in [1.54, 1.807) is 0 Å². The Labute approximate surface area is 374 Å². The van der Waals surface area contributed by atoms with Crippen molar-refractivity contribution in [2.75, 3.05) is 0 Å². The fraction of sp³-hybridized carbons (Fsp3) is 0. The maximum Gasteiger partial charge on any atom is 0.160 e. The highest BCUT2D eigenvalue weighted by Crippen LogP contribution is 2.51. The fourth-order valence-electron chi connectivity index (χ4n) is 9.16. The Bertz CT molecular complexity index is 3330. The predicted molar refractivity (Wildman–Crippen MR) is 268 cm³/mol. The zero-order valence-electron chi connectivity index (χ0n) is 35.1. The van der Waals surface area contributed by atoms with Crippen LogP contribution in [0.15, 0.2) is 255 Å². The summed E-state index contributed by atoms with van der Waals surface area (Å²) >= 11 is 0. The molecule has 0 unspecified atom stereocenters. The maximum atomic E-state index is 5.34. The standard InChI is InChI=1S/C62H42N2/c1-7-22-43(23-8-1)54-41-55(60(47-29-13-4-14-30-47)61(48-31-15-5-16-32-48)59(54)46-27-11-3-12-28-46)50-35-21-36-51(40-50)58-52-37-20-19-24-44(52)38-39-53(58)57-42-56(45-25-9-2-10-26-45)63-62(64-57)49-33-17-6-18-34-49/h1-42H. The summed E-state index contributed by atoms with van der Waals surface area (Å²) in [5.74, 6) is 0.692. The summed E-state index contributed by atoms with van der Waals surface area (Å²) in [6.45, 7) is 0. The molecule has 0 aliphatic heterocycles. The third-order valence-corrected chi connectivity index (χ3v) is 12.1. The van der Waals surface area contributed by atoms with Crippen molar-refractivity contribution in [1.29, 1.82) is 0 Å². The number of nitrogens with zero attached hydrogens (tertiary/aromatic N) is 2. The summed E-state index contributed by atoms with van der Waals surface area (Å²) in [5.41, 5.74) is 18.8. The highest BCUT2D eigenvalue weighted by Gasteiger charge is 2.24. The summed E-state index contributed by atoms with van der Waals surface area (Å²) in [7, 11) is 0. The van der Waals surface area contributed by atoms with Gasteiger partial charge in [-0.25, -0.2) is 9.97 Å². The molecule has 0 aliphatic carbocycles. The highest BCUT2D eigenvalue weighted by molar-refractivity contribution is 6.09. The Morgan fingerprint density at radius 1 is 0.219 bits per heavy atom. The van der Waals surface area contributed by atoms with Gasteiger partial charge in [0, 0.05) is 16.7 Å². The number of hydrogen-bond donors (Lipinski definition) is 0. The van der Waals surface area contributed by atoms with Gasteiger partial charge in [-0.2, -0.15) is 0 Å². The molecule has 0 radical (unpaired) electrons. The van der Waals surface area contributed by atoms with Crippen molar-refractivity contribution in [1.82, 2.24) is 9.97 Å². The quantitative estimate of drug-likeness (QED) is 0.145. The minimum atomic E-state index is 0.692. The van der Waals surface area contributed by atoms with Crippen LogP contribution < -0.4 is 0 Å². The average molecular weight is 815 g/mol. The second-order valence-electron chi connectivity index (χ2n) is 16.0. The van der Waals surface area contributed by atoms with Gasteiger partial charge in [0.15, 0.2) is 5.82 Å². The first-order chi connectivity index (χ1) is 31.8. The van der Waals surface area contributed by atoms with Crippen molar-refractivity contribution < 1.29 is 0 Å². The van der Waals surface area contributed by atoms with Gasteiger partial charge < -0.3 is 0 Å². The Hall–Kier alpha value is -8.46. The molecule has 0 atom stereocenters. The van der Waals surface area contributed by atoms with Gasteiger partial charge in [0.05, 0.1) is 11.4 Å². The average Bonchev–Trinajstić information content (AvgIpc) is 3.39. The SMILES string of the molecule is c1ccc(-c2cc(-c3ccc4ccccc4c3-c3cccc(-c4cc(-c5ccccc5)c(-c5ccccc5)c(-c5ccccc5)c4-c4ccccc4)c3)nc(-c3ccccc3)n2)cc1. The van der Waals surface area contributed by atoms with Crippen LogP contribution >= 0.6 is 0 Å². The lowest BCUT2D eigenvalue weighted by atomic mass is 9.78. The second kappa shape index (κ2) is 17.1. The van der Waals surface area contributed by atoms with Gasteiger partial charge in [-0.15, -0.1) is 0 Å². The summed E-state index contributed by atoms with van der Waals surface area (Å²) in [4.78, 5) is 10.5. The zero-order chi connectivity index (χ0) is 42.7. The van der Waals surface area contributed by atoms with Crippen LogP contribution in [-0.2, 0) is 0 Å². The molecule has 1 aromatic heterocycles. The molecule has 11 aromatic rings. The first-order valence-corrected chi connectivity index (χ1v) is 21.8. The van der Waals surface area contributed by atoms with Crippen LogP contribution in [0.1, 0.15) is 0 Å². The van der Waals surface area contributed by atoms with Crippen molar-refractivity contribution in [2.24, 2.45) is 0 Å². The molecule has 11 rings (SSSR count). The summed E-state index contributed by atoms with van der Waals surface area (Å²) < 4.78 is 0. The van der Waals surface area contributed by atoms with E-state index in [4.69, 9.17) is 9.97 Å². The largest absolute Gasteiger partial charge is 0.228 e. The molecule has 0 amide bonds. The number of benzene rings is 10. The molecule has 64 heavy (non-hydrogen) atoms. The number of hydrogen-bond acceptors (Lipinski definition) is 2. The molecular formula is C62H42N2. The minimum Gasteiger partial charge on any atom is -0.228 e. The van der Waals surface area contributed by atoms with Gasteiger partial charge >= 0.3 is 0 Å². The van der Waals surface area contributed by atoms with E-state index in [0.717, 1.165) is 61.3 Å². The number of fused-ring (bicyclic) bond motifs is 1. The lowest BCUT2D eigenvalue weighted by Gasteiger charge is -2.25. The van der Waals surface area contributed by atoms with E-state index in [9.17, 15) is 0 Å². The molecule has 300 valence electrons. The Balaban J connectivity index is 1.21. The summed E-state index contributed by atoms with van der Waals surface area (Å²) in [6.07, 6.45) is 0. The molecule has 0 saturated carbocycles. The number of rotatable bonds is 9. The van der Waals surface area contributed by atoms with Gasteiger partial charge in [0.1, 0.15) is 0 Å². The molecule has 2 heteroatoms. The van der Waals surface area contributed by atoms with E-state index in [1.165, 1.54) is 44.3 Å². The van der Waals surface area contributed by atoms with Gasteiger partial charge in [-0.3, -0.25) is 0 Å². The number of aromatic nitrogens is 2. The van der Waals surface area contributed by atoms with E-state index in [0.29, 0.717) is 5.82 Å². The van der Waals surface area contributed by atoms with Crippen LogP contribution in [0.25, 0.3) is 111 Å². The van der Waals surface area contributed by atoms with Gasteiger partial charge in [-0.1, -0.05) is 237 Å². The summed E-state index contributed by atoms with van der Waals surface area (Å²) in [6, 6.07) is 91.0. The van der Waals surface area contributed by atoms with Crippen LogP contribution in [0.4, 0.5) is 0 Å². The molecule has 0 spiro atoms. The van der Waals surface area contributed by atoms with E-state index < -0.39 is 0 Å². The molecule has 2 nitrogen and oxygen atoms in total. The van der Waals surface area contributed by atoms with E-state index in [-0.39, 0.29) is 0 Å². The summed E-state index contributed by atoms with van der Waals surface area (Å²) in [5, 5.41) is 2.33. The monoisotopic (exact) mass is 814 g/mol. The van der Waals surface area contributed by atoms with E-state index in [2.05, 4.69) is 231 Å². The Morgan fingerprint density at radius 2 is 0.656 bits per heavy atom. The molecule has 0 fully saturated rings. The molecule has 10 aromatic carbocycles. The van der Waals surface area contributed by atoms with Crippen LogP contribution in [0.3, 0.4) is 0 Å². The van der Waals surface area contributed by atoms with E-state index in [1.807, 2.05) is 24.3 Å². The fourth-order valence-corrected chi connectivity index (χ4v) is 9.16. The molecule has 0 aliphatic rings. The van der Waals surface area contributed by atoms with Gasteiger partial charge in [0.25, 0.3) is 0 Å². The topological polar surface area (TPSA) is 25.8 Å². The highest BCUT2D eigenvalue weighted by atomic mass is 14.9. The van der Waals surface area contributed by atoms with Crippen molar-refractivity contribution in [3.05, 3.63) is 255 Å². The third kappa shape index (κ3) is 7.38. The molecule has 0 bridgehead atoms. The molecule has 0 N–H and O–H groups in total. The van der Waals surface area contributed by atoms with Gasteiger partial charge in [-0.05, 0) is 95.7 Å². The lowest BCUT2D eigenvalue weighted by Crippen LogP contribution is -1.99. The normalized spacial score (nSPS) is 11.1. The molecular weight excluding hydrogens is 773 g/mol. The first kappa shape index (κ1) is 38.5. The van der Waals surface area contributed by atoms with Crippen molar-refractivity contribution in [3.8, 4) is 101 Å². The van der Waals surface area contributed by atoms with Crippen LogP contribution in [-0.4, -0.2) is 9.97 Å². The molecule has 1 heterocycles. The van der Waals surface area contributed by atoms with Crippen molar-refractivity contribution in [3.63, 3.8) is 0 Å². The molecule has 0 saturated heterocycles. The van der Waals surface area contributed by atoms with Gasteiger partial charge in [0.2, 0.25) is 0 Å².